The van der Waals surface area contributed by atoms with Crippen LogP contribution in [0.1, 0.15) is 55.7 Å². The van der Waals surface area contributed by atoms with Crippen LogP contribution in [0.4, 0.5) is 0 Å². The lowest BCUT2D eigenvalue weighted by Crippen LogP contribution is -2.39. The van der Waals surface area contributed by atoms with E-state index in [1.807, 2.05) is 122 Å². The third-order valence-corrected chi connectivity index (χ3v) is 16.7. The molecule has 5 aromatic rings. The van der Waals surface area contributed by atoms with Crippen LogP contribution in [0.15, 0.2) is 207 Å². The molecular formula is C52H56O6S4. The van der Waals surface area contributed by atoms with Crippen molar-refractivity contribution in [1.82, 2.24) is 0 Å². The van der Waals surface area contributed by atoms with Crippen molar-refractivity contribution in [2.45, 2.75) is 81.3 Å². The second-order valence-electron chi connectivity index (χ2n) is 15.0. The van der Waals surface area contributed by atoms with Crippen LogP contribution in [0.25, 0.3) is 12.2 Å². The first-order chi connectivity index (χ1) is 29.9. The molecule has 2 N–H and O–H groups in total. The van der Waals surface area contributed by atoms with Gasteiger partial charge in [0.05, 0.1) is 22.0 Å². The van der Waals surface area contributed by atoms with Gasteiger partial charge in [-0.15, -0.1) is 23.5 Å². The molecule has 0 fully saturated rings. The van der Waals surface area contributed by atoms with Crippen LogP contribution in [0.2, 0.25) is 0 Å². The van der Waals surface area contributed by atoms with E-state index in [1.54, 1.807) is 116 Å². The van der Waals surface area contributed by atoms with E-state index in [9.17, 15) is 27.0 Å². The van der Waals surface area contributed by atoms with Crippen molar-refractivity contribution in [1.29, 1.82) is 0 Å². The Kier molecular flexibility index (Phi) is 18.5. The molecule has 0 bridgehead atoms. The summed E-state index contributed by atoms with van der Waals surface area (Å²) in [6, 6.07) is 41.9. The molecule has 0 aromatic heterocycles. The number of aliphatic hydroxyl groups excluding tert-OH is 2. The Hall–Kier alpha value is -4.68. The molecule has 5 rings (SSSR count). The molecule has 5 atom stereocenters. The zero-order valence-corrected chi connectivity index (χ0v) is 38.8. The van der Waals surface area contributed by atoms with Gasteiger partial charge in [-0.2, -0.15) is 0 Å². The molecule has 324 valence electrons. The minimum atomic E-state index is -4.06. The van der Waals surface area contributed by atoms with Crippen LogP contribution in [0.3, 0.4) is 0 Å². The number of sulfone groups is 2. The van der Waals surface area contributed by atoms with Crippen molar-refractivity contribution >= 4 is 55.4 Å². The predicted octanol–water partition coefficient (Wildman–Crippen LogP) is 11.7. The van der Waals surface area contributed by atoms with Crippen molar-refractivity contribution in [2.24, 2.45) is 0 Å². The lowest BCUT2D eigenvalue weighted by atomic mass is 9.86. The molecule has 0 aliphatic heterocycles. The van der Waals surface area contributed by atoms with E-state index in [4.69, 9.17) is 0 Å². The fourth-order valence-corrected chi connectivity index (χ4v) is 12.1. The van der Waals surface area contributed by atoms with Crippen LogP contribution in [-0.2, 0) is 19.7 Å². The maximum Gasteiger partial charge on any atom is 0.187 e. The molecule has 0 saturated carbocycles. The molecule has 0 spiro atoms. The summed E-state index contributed by atoms with van der Waals surface area (Å²) in [5.41, 5.74) is 3.71. The van der Waals surface area contributed by atoms with Gasteiger partial charge >= 0.3 is 0 Å². The van der Waals surface area contributed by atoms with E-state index in [1.165, 1.54) is 0 Å². The average molecular weight is 905 g/mol. The number of allylic oxidation sites excluding steroid dienone is 6. The zero-order chi connectivity index (χ0) is 44.5. The minimum absolute atomic E-state index is 0.120. The SMILES string of the molecule is CSc1ccc(/C=C/C=C(\C)C(C(O)CC/C=C/CC(c2ccccc2)C(O)C(/C(C)=C/C=C/c2ccc(SC)cc2)S(=O)(=O)c2ccccc2)S(=O)(=O)c2ccccc2)cc1. The number of rotatable bonds is 21. The van der Waals surface area contributed by atoms with Gasteiger partial charge in [-0.25, -0.2) is 16.8 Å². The highest BCUT2D eigenvalue weighted by molar-refractivity contribution is 7.98. The van der Waals surface area contributed by atoms with E-state index < -0.39 is 48.3 Å². The quantitative estimate of drug-likeness (QED) is 0.0426. The largest absolute Gasteiger partial charge is 0.391 e. The number of hydrogen-bond acceptors (Lipinski definition) is 8. The zero-order valence-electron chi connectivity index (χ0n) is 35.6. The van der Waals surface area contributed by atoms with E-state index in [0.717, 1.165) is 26.5 Å². The summed E-state index contributed by atoms with van der Waals surface area (Å²) in [6.45, 7) is 3.47. The maximum absolute atomic E-state index is 14.4. The Morgan fingerprint density at radius 2 is 0.984 bits per heavy atom. The summed E-state index contributed by atoms with van der Waals surface area (Å²) in [7, 11) is -8.03. The summed E-state index contributed by atoms with van der Waals surface area (Å²) >= 11 is 3.31. The molecule has 0 amide bonds. The van der Waals surface area contributed by atoms with Gasteiger partial charge in [0.1, 0.15) is 10.5 Å². The summed E-state index contributed by atoms with van der Waals surface area (Å²) in [5, 5.41) is 21.5. The lowest BCUT2D eigenvalue weighted by molar-refractivity contribution is 0.145. The van der Waals surface area contributed by atoms with Gasteiger partial charge in [-0.1, -0.05) is 151 Å². The van der Waals surface area contributed by atoms with Crippen LogP contribution in [0, 0.1) is 0 Å². The van der Waals surface area contributed by atoms with Crippen molar-refractivity contribution in [3.63, 3.8) is 0 Å². The normalized spacial score (nSPS) is 15.5. The first-order valence-corrected chi connectivity index (χ1v) is 26.0. The monoisotopic (exact) mass is 904 g/mol. The molecule has 0 heterocycles. The third kappa shape index (κ3) is 13.2. The molecule has 10 heteroatoms. The standard InChI is InChI=1S/C52H56O6S4/c1-39(19-17-21-41-31-35-44(59-3)36-32-41)51(61(55,56)46-25-11-6-12-26-46)49(53)30-16-8-15-29-48(43-23-9-5-10-24-43)50(54)52(62(57,58)47-27-13-7-14-28-47)40(2)20-18-22-42-33-37-45(60-4)38-34-42/h5-15,17-28,31-38,48-54H,16,29-30H2,1-4H3/b15-8+,21-17+,22-18+,39-19+,40-20+. The molecule has 6 nitrogen and oxygen atoms in total. The van der Waals surface area contributed by atoms with Crippen LogP contribution in [-0.4, -0.2) is 62.3 Å². The average Bonchev–Trinajstić information content (AvgIpc) is 3.28. The van der Waals surface area contributed by atoms with Gasteiger partial charge in [0, 0.05) is 15.7 Å². The summed E-state index contributed by atoms with van der Waals surface area (Å²) in [5.74, 6) is -0.618. The molecule has 0 aliphatic carbocycles. The van der Waals surface area contributed by atoms with Gasteiger partial charge in [-0.3, -0.25) is 0 Å². The van der Waals surface area contributed by atoms with E-state index >= 15 is 0 Å². The van der Waals surface area contributed by atoms with E-state index in [-0.39, 0.29) is 16.2 Å². The predicted molar refractivity (Wildman–Crippen MR) is 261 cm³/mol. The van der Waals surface area contributed by atoms with Crippen molar-refractivity contribution < 1.29 is 27.0 Å². The Labute approximate surface area is 377 Å². The molecule has 62 heavy (non-hydrogen) atoms. The fraction of sp³-hybridized carbons (Fsp3) is 0.231. The number of hydrogen-bond donors (Lipinski definition) is 2. The van der Waals surface area contributed by atoms with E-state index in [2.05, 4.69) is 0 Å². The van der Waals surface area contributed by atoms with Gasteiger partial charge in [0.25, 0.3) is 0 Å². The fourth-order valence-electron chi connectivity index (χ4n) is 7.37. The maximum atomic E-state index is 14.4. The first kappa shape index (κ1) is 48.4. The first-order valence-electron chi connectivity index (χ1n) is 20.5. The molecule has 0 saturated heterocycles. The smallest absolute Gasteiger partial charge is 0.187 e. The summed E-state index contributed by atoms with van der Waals surface area (Å²) in [6.07, 6.45) is 16.9. The highest BCUT2D eigenvalue weighted by Gasteiger charge is 2.39. The minimum Gasteiger partial charge on any atom is -0.391 e. The summed E-state index contributed by atoms with van der Waals surface area (Å²) < 4.78 is 57.0. The van der Waals surface area contributed by atoms with Crippen LogP contribution < -0.4 is 0 Å². The number of benzene rings is 5. The Balaban J connectivity index is 1.39. The Bertz CT molecular complexity index is 2530. The Morgan fingerprint density at radius 1 is 0.565 bits per heavy atom. The highest BCUT2D eigenvalue weighted by atomic mass is 32.2. The van der Waals surface area contributed by atoms with Crippen molar-refractivity contribution in [3.05, 3.63) is 204 Å². The third-order valence-electron chi connectivity index (χ3n) is 10.7. The summed E-state index contributed by atoms with van der Waals surface area (Å²) in [4.78, 5) is 2.54. The molecule has 0 aliphatic rings. The Morgan fingerprint density at radius 3 is 1.44 bits per heavy atom. The van der Waals surface area contributed by atoms with Crippen LogP contribution >= 0.6 is 23.5 Å². The molecular weight excluding hydrogens is 849 g/mol. The molecule has 5 unspecified atom stereocenters. The van der Waals surface area contributed by atoms with Gasteiger partial charge in [-0.05, 0) is 111 Å². The second-order valence-corrected chi connectivity index (χ2v) is 20.9. The second kappa shape index (κ2) is 23.7. The molecule has 0 radical (unpaired) electrons. The van der Waals surface area contributed by atoms with Crippen LogP contribution in [0.5, 0.6) is 0 Å². The lowest BCUT2D eigenvalue weighted by Gasteiger charge is -2.30. The van der Waals surface area contributed by atoms with E-state index in [0.29, 0.717) is 24.0 Å². The molecule has 5 aromatic carbocycles. The van der Waals surface area contributed by atoms with Crippen molar-refractivity contribution in [3.8, 4) is 0 Å². The number of aliphatic hydroxyl groups is 2. The van der Waals surface area contributed by atoms with Gasteiger partial charge < -0.3 is 10.2 Å². The number of thioether (sulfide) groups is 2. The van der Waals surface area contributed by atoms with Gasteiger partial charge in [0.2, 0.25) is 0 Å². The van der Waals surface area contributed by atoms with Crippen molar-refractivity contribution in [2.75, 3.05) is 12.5 Å². The topological polar surface area (TPSA) is 109 Å². The highest BCUT2D eigenvalue weighted by Crippen LogP contribution is 2.35. The van der Waals surface area contributed by atoms with Gasteiger partial charge in [0.15, 0.2) is 19.7 Å².